The van der Waals surface area contributed by atoms with Crippen molar-refractivity contribution in [3.63, 3.8) is 0 Å². The van der Waals surface area contributed by atoms with Crippen LogP contribution >= 0.6 is 0 Å². The van der Waals surface area contributed by atoms with E-state index in [1.54, 1.807) is 0 Å². The molecule has 0 spiro atoms. The van der Waals surface area contributed by atoms with Crippen molar-refractivity contribution in [2.75, 3.05) is 20.3 Å². The predicted molar refractivity (Wildman–Crippen MR) is 134 cm³/mol. The van der Waals surface area contributed by atoms with E-state index in [1.165, 1.54) is 7.11 Å². The van der Waals surface area contributed by atoms with Crippen LogP contribution in [0.1, 0.15) is 73.1 Å². The van der Waals surface area contributed by atoms with Crippen LogP contribution in [-0.4, -0.2) is 60.8 Å². The largest absolute Gasteiger partial charge is 0.508 e. The third-order valence-corrected chi connectivity index (χ3v) is 11.2. The first-order chi connectivity index (χ1) is 16.8. The molecule has 0 aromatic carbocycles. The first-order valence-electron chi connectivity index (χ1n) is 13.9. The van der Waals surface area contributed by atoms with Crippen LogP contribution in [0.5, 0.6) is 0 Å². The van der Waals surface area contributed by atoms with E-state index in [0.29, 0.717) is 30.1 Å². The Hall–Kier alpha value is -1.15. The minimum Gasteiger partial charge on any atom is -0.438 e. The maximum absolute atomic E-state index is 11.9. The van der Waals surface area contributed by atoms with Crippen molar-refractivity contribution < 1.29 is 34.0 Å². The number of aliphatic hydroxyl groups excluding tert-OH is 1. The van der Waals surface area contributed by atoms with Gasteiger partial charge in [0.15, 0.2) is 6.29 Å². The summed E-state index contributed by atoms with van der Waals surface area (Å²) in [5.41, 5.74) is -1.67. The lowest BCUT2D eigenvalue weighted by atomic mass is 9.44. The molecule has 5 rings (SSSR count). The number of rotatable bonds is 3. The molecule has 0 amide bonds. The third-order valence-electron chi connectivity index (χ3n) is 11.2. The number of hydrogen-bond acceptors (Lipinski definition) is 7. The van der Waals surface area contributed by atoms with Gasteiger partial charge in [0, 0.05) is 29.6 Å². The summed E-state index contributed by atoms with van der Waals surface area (Å²) < 4.78 is 22.4. The van der Waals surface area contributed by atoms with Gasteiger partial charge in [-0.1, -0.05) is 46.8 Å². The van der Waals surface area contributed by atoms with Crippen molar-refractivity contribution in [3.8, 4) is 0 Å². The van der Waals surface area contributed by atoms with E-state index < -0.39 is 29.4 Å². The molecule has 1 aliphatic heterocycles. The van der Waals surface area contributed by atoms with Gasteiger partial charge in [0.2, 0.25) is 0 Å². The number of hydrogen-bond donors (Lipinski definition) is 2. The Morgan fingerprint density at radius 1 is 1.08 bits per heavy atom. The molecule has 10 atom stereocenters. The second-order valence-electron chi connectivity index (χ2n) is 13.7. The van der Waals surface area contributed by atoms with Crippen molar-refractivity contribution in [1.82, 2.24) is 0 Å². The van der Waals surface area contributed by atoms with Crippen molar-refractivity contribution in [2.24, 2.45) is 45.8 Å². The molecule has 7 nitrogen and oxygen atoms in total. The topological polar surface area (TPSA) is 94.5 Å². The Labute approximate surface area is 215 Å². The van der Waals surface area contributed by atoms with E-state index in [2.05, 4.69) is 45.4 Å². The molecule has 1 saturated heterocycles. The number of carbonyl (C=O) groups excluding carboxylic acids is 1. The normalized spacial score (nSPS) is 48.9. The number of fused-ring (bicyclic) bond motifs is 5. The molecule has 4 fully saturated rings. The van der Waals surface area contributed by atoms with Gasteiger partial charge in [-0.15, -0.1) is 0 Å². The first kappa shape index (κ1) is 26.5. The molecule has 36 heavy (non-hydrogen) atoms. The Bertz CT molecular complexity index is 877. The molecule has 7 heteroatoms. The summed E-state index contributed by atoms with van der Waals surface area (Å²) >= 11 is 0. The zero-order valence-corrected chi connectivity index (χ0v) is 22.9. The number of carbonyl (C=O) groups is 1. The van der Waals surface area contributed by atoms with E-state index in [1.807, 2.05) is 6.08 Å². The van der Waals surface area contributed by atoms with Crippen LogP contribution in [0, 0.1) is 45.8 Å². The van der Waals surface area contributed by atoms with Gasteiger partial charge in [-0.25, -0.2) is 4.79 Å². The van der Waals surface area contributed by atoms with E-state index in [0.717, 1.165) is 38.9 Å². The van der Waals surface area contributed by atoms with Crippen LogP contribution in [-0.2, 0) is 18.9 Å². The van der Waals surface area contributed by atoms with Crippen molar-refractivity contribution in [2.45, 2.75) is 97.2 Å². The predicted octanol–water partition coefficient (Wildman–Crippen LogP) is 4.69. The standard InChI is InChI=1S/C29H46O7/c1-17(24-34-15-26(2,3)16-35-24)20-7-8-21-19-9-12-29(32)14-18(36-25(31)33-6)13-23(30)28(29,5)22(19)10-11-27(20,21)4/h9,12,17-24,30,32H,7-8,10-11,13-16H2,1-6H3/t17?,18?,19-,20+,21-,22-,23?,27+,28-,29?/m0/s1. The van der Waals surface area contributed by atoms with Gasteiger partial charge in [-0.05, 0) is 54.8 Å². The molecule has 204 valence electrons. The summed E-state index contributed by atoms with van der Waals surface area (Å²) in [7, 11) is 1.27. The Morgan fingerprint density at radius 2 is 1.78 bits per heavy atom. The maximum Gasteiger partial charge on any atom is 0.508 e. The SMILES string of the molecule is COC(=O)OC1CC(O)[C@]2(C)[C@H]3CC[C@]4(C)[C@@H](C(C)C5OCC(C)(C)CO5)CC[C@H]4[C@@H]3C=CC2(O)C1. The minimum absolute atomic E-state index is 0.0667. The quantitative estimate of drug-likeness (QED) is 0.423. The van der Waals surface area contributed by atoms with Crippen LogP contribution in [0.2, 0.25) is 0 Å². The lowest BCUT2D eigenvalue weighted by molar-refractivity contribution is -0.254. The number of aliphatic hydroxyl groups is 2. The summed E-state index contributed by atoms with van der Waals surface area (Å²) in [4.78, 5) is 11.7. The molecule has 1 heterocycles. The molecular weight excluding hydrogens is 460 g/mol. The highest BCUT2D eigenvalue weighted by Crippen LogP contribution is 2.68. The molecule has 2 N–H and O–H groups in total. The summed E-state index contributed by atoms with van der Waals surface area (Å²) in [5.74, 6) is 1.83. The molecular formula is C29H46O7. The molecule has 0 aromatic heterocycles. The van der Waals surface area contributed by atoms with Crippen LogP contribution in [0.25, 0.3) is 0 Å². The van der Waals surface area contributed by atoms with Crippen LogP contribution in [0.3, 0.4) is 0 Å². The highest BCUT2D eigenvalue weighted by Gasteiger charge is 2.66. The lowest BCUT2D eigenvalue weighted by Gasteiger charge is -2.63. The molecule has 0 radical (unpaired) electrons. The fourth-order valence-electron chi connectivity index (χ4n) is 9.06. The van der Waals surface area contributed by atoms with E-state index in [-0.39, 0.29) is 29.5 Å². The molecule has 0 aromatic rings. The van der Waals surface area contributed by atoms with Gasteiger partial charge in [0.1, 0.15) is 6.10 Å². The minimum atomic E-state index is -1.22. The fraction of sp³-hybridized carbons (Fsp3) is 0.897. The first-order valence-corrected chi connectivity index (χ1v) is 13.9. The van der Waals surface area contributed by atoms with E-state index in [4.69, 9.17) is 14.2 Å². The Morgan fingerprint density at radius 3 is 2.44 bits per heavy atom. The van der Waals surface area contributed by atoms with Crippen LogP contribution < -0.4 is 0 Å². The summed E-state index contributed by atoms with van der Waals surface area (Å²) in [6.07, 6.45) is 6.82. The number of allylic oxidation sites excluding steroid dienone is 1. The Balaban J connectivity index is 1.36. The highest BCUT2D eigenvalue weighted by atomic mass is 16.7. The molecule has 0 bridgehead atoms. The Kier molecular flexibility index (Phi) is 6.58. The zero-order valence-electron chi connectivity index (χ0n) is 22.9. The molecule has 3 saturated carbocycles. The average molecular weight is 507 g/mol. The fourth-order valence-corrected chi connectivity index (χ4v) is 9.06. The smallest absolute Gasteiger partial charge is 0.438 e. The number of ether oxygens (including phenoxy) is 4. The lowest BCUT2D eigenvalue weighted by Crippen LogP contribution is -2.66. The highest BCUT2D eigenvalue weighted by molar-refractivity contribution is 5.59. The molecule has 4 unspecified atom stereocenters. The monoisotopic (exact) mass is 506 g/mol. The van der Waals surface area contributed by atoms with Crippen LogP contribution in [0.15, 0.2) is 12.2 Å². The molecule has 5 aliphatic rings. The van der Waals surface area contributed by atoms with E-state index >= 15 is 0 Å². The van der Waals surface area contributed by atoms with Gasteiger partial charge >= 0.3 is 6.16 Å². The van der Waals surface area contributed by atoms with Gasteiger partial charge < -0.3 is 29.2 Å². The third kappa shape index (κ3) is 3.95. The average Bonchev–Trinajstić information content (AvgIpc) is 3.17. The zero-order chi connectivity index (χ0) is 26.1. The molecule has 4 aliphatic carbocycles. The van der Waals surface area contributed by atoms with Gasteiger partial charge in [0.25, 0.3) is 0 Å². The summed E-state index contributed by atoms with van der Waals surface area (Å²) in [6, 6.07) is 0. The van der Waals surface area contributed by atoms with Gasteiger partial charge in [0.05, 0.1) is 32.0 Å². The number of methoxy groups -OCH3 is 1. The summed E-state index contributed by atoms with van der Waals surface area (Å²) in [6.45, 7) is 12.7. The second-order valence-corrected chi connectivity index (χ2v) is 13.7. The van der Waals surface area contributed by atoms with Crippen LogP contribution in [0.4, 0.5) is 4.79 Å². The van der Waals surface area contributed by atoms with Crippen molar-refractivity contribution in [1.29, 1.82) is 0 Å². The van der Waals surface area contributed by atoms with E-state index in [9.17, 15) is 15.0 Å². The van der Waals surface area contributed by atoms with Gasteiger partial charge in [-0.3, -0.25) is 0 Å². The van der Waals surface area contributed by atoms with Gasteiger partial charge in [-0.2, -0.15) is 0 Å². The van der Waals surface area contributed by atoms with Crippen molar-refractivity contribution in [3.05, 3.63) is 12.2 Å². The maximum atomic E-state index is 11.9. The van der Waals surface area contributed by atoms with Crippen molar-refractivity contribution >= 4 is 6.16 Å². The second kappa shape index (κ2) is 8.96. The summed E-state index contributed by atoms with van der Waals surface area (Å²) in [5, 5.41) is 23.3.